The standard InChI is InChI=1S/C17H19NS/c1-18(2)11-5-6-13-9-10-17-15(12-13)14-7-3-4-8-16(14)19-17/h3-4,7-10,12H,5-6,11H2,1-2H3. The van der Waals surface area contributed by atoms with Gasteiger partial charge in [0.2, 0.25) is 0 Å². The second-order valence-electron chi connectivity index (χ2n) is 5.34. The predicted octanol–water partition coefficient (Wildman–Crippen LogP) is 4.55. The van der Waals surface area contributed by atoms with E-state index in [-0.39, 0.29) is 0 Å². The molecule has 0 fully saturated rings. The first-order valence-corrected chi connectivity index (χ1v) is 7.60. The number of thiophene rings is 1. The van der Waals surface area contributed by atoms with Crippen molar-refractivity contribution in [3.05, 3.63) is 48.0 Å². The minimum Gasteiger partial charge on any atom is -0.309 e. The summed E-state index contributed by atoms with van der Waals surface area (Å²) in [5, 5.41) is 2.82. The predicted molar refractivity (Wildman–Crippen MR) is 86.2 cm³/mol. The SMILES string of the molecule is CN(C)CCCc1ccc2sc3ccccc3c2c1. The molecule has 0 N–H and O–H groups in total. The normalized spacial score (nSPS) is 11.7. The van der Waals surface area contributed by atoms with Crippen molar-refractivity contribution < 1.29 is 0 Å². The maximum atomic E-state index is 2.38. The Morgan fingerprint density at radius 3 is 2.58 bits per heavy atom. The molecule has 0 bridgehead atoms. The fourth-order valence-electron chi connectivity index (χ4n) is 2.53. The van der Waals surface area contributed by atoms with Crippen molar-refractivity contribution in [1.82, 2.24) is 4.90 Å². The lowest BCUT2D eigenvalue weighted by molar-refractivity contribution is 0.400. The van der Waals surface area contributed by atoms with Crippen LogP contribution in [0, 0.1) is 0 Å². The van der Waals surface area contributed by atoms with Gasteiger partial charge in [0.25, 0.3) is 0 Å². The summed E-state index contributed by atoms with van der Waals surface area (Å²) in [4.78, 5) is 2.25. The molecule has 0 amide bonds. The monoisotopic (exact) mass is 269 g/mol. The molecule has 0 atom stereocenters. The van der Waals surface area contributed by atoms with Crippen molar-refractivity contribution in [2.75, 3.05) is 20.6 Å². The van der Waals surface area contributed by atoms with Crippen molar-refractivity contribution in [2.24, 2.45) is 0 Å². The minimum atomic E-state index is 1.16. The van der Waals surface area contributed by atoms with Crippen LogP contribution in [0.5, 0.6) is 0 Å². The number of fused-ring (bicyclic) bond motifs is 3. The number of aryl methyl sites for hydroxylation is 1. The topological polar surface area (TPSA) is 3.24 Å². The Morgan fingerprint density at radius 1 is 0.947 bits per heavy atom. The second-order valence-corrected chi connectivity index (χ2v) is 6.42. The largest absolute Gasteiger partial charge is 0.309 e. The number of nitrogens with zero attached hydrogens (tertiary/aromatic N) is 1. The van der Waals surface area contributed by atoms with Crippen LogP contribution >= 0.6 is 11.3 Å². The van der Waals surface area contributed by atoms with E-state index < -0.39 is 0 Å². The van der Waals surface area contributed by atoms with Gasteiger partial charge in [-0.05, 0) is 57.2 Å². The van der Waals surface area contributed by atoms with E-state index in [1.165, 1.54) is 32.2 Å². The molecule has 0 aliphatic heterocycles. The molecule has 0 spiro atoms. The van der Waals surface area contributed by atoms with Crippen molar-refractivity contribution in [3.8, 4) is 0 Å². The van der Waals surface area contributed by atoms with Crippen LogP contribution in [0.25, 0.3) is 20.2 Å². The zero-order valence-electron chi connectivity index (χ0n) is 11.5. The maximum absolute atomic E-state index is 2.38. The summed E-state index contributed by atoms with van der Waals surface area (Å²) in [6.45, 7) is 1.16. The molecule has 2 aromatic carbocycles. The van der Waals surface area contributed by atoms with Gasteiger partial charge in [0.1, 0.15) is 0 Å². The quantitative estimate of drug-likeness (QED) is 0.671. The number of benzene rings is 2. The van der Waals surface area contributed by atoms with Crippen LogP contribution in [0.15, 0.2) is 42.5 Å². The van der Waals surface area contributed by atoms with Gasteiger partial charge < -0.3 is 4.90 Å². The van der Waals surface area contributed by atoms with Gasteiger partial charge in [-0.25, -0.2) is 0 Å². The highest BCUT2D eigenvalue weighted by molar-refractivity contribution is 7.25. The van der Waals surface area contributed by atoms with Crippen LogP contribution in [0.2, 0.25) is 0 Å². The van der Waals surface area contributed by atoms with Gasteiger partial charge in [0.05, 0.1) is 0 Å². The van der Waals surface area contributed by atoms with Gasteiger partial charge in [0.15, 0.2) is 0 Å². The molecule has 0 saturated carbocycles. The molecule has 3 aromatic rings. The third-order valence-corrected chi connectivity index (χ3v) is 4.66. The van der Waals surface area contributed by atoms with E-state index in [9.17, 15) is 0 Å². The molecular formula is C17H19NS. The molecule has 0 radical (unpaired) electrons. The van der Waals surface area contributed by atoms with Crippen molar-refractivity contribution in [3.63, 3.8) is 0 Å². The zero-order valence-corrected chi connectivity index (χ0v) is 12.3. The first kappa shape index (κ1) is 12.6. The van der Waals surface area contributed by atoms with Crippen molar-refractivity contribution in [1.29, 1.82) is 0 Å². The average Bonchev–Trinajstić information content (AvgIpc) is 2.76. The summed E-state index contributed by atoms with van der Waals surface area (Å²) >= 11 is 1.89. The fraction of sp³-hybridized carbons (Fsp3) is 0.294. The van der Waals surface area contributed by atoms with E-state index in [1.54, 1.807) is 0 Å². The third kappa shape index (κ3) is 2.65. The van der Waals surface area contributed by atoms with E-state index in [4.69, 9.17) is 0 Å². The lowest BCUT2D eigenvalue weighted by Crippen LogP contribution is -2.13. The van der Waals surface area contributed by atoms with Gasteiger partial charge in [-0.1, -0.05) is 24.3 Å². The van der Waals surface area contributed by atoms with Crippen LogP contribution in [-0.4, -0.2) is 25.5 Å². The first-order valence-electron chi connectivity index (χ1n) is 6.79. The van der Waals surface area contributed by atoms with Gasteiger partial charge in [-0.2, -0.15) is 0 Å². The van der Waals surface area contributed by atoms with Gasteiger partial charge in [0, 0.05) is 20.2 Å². The number of rotatable bonds is 4. The molecule has 2 heteroatoms. The lowest BCUT2D eigenvalue weighted by atomic mass is 10.1. The molecule has 1 heterocycles. The summed E-state index contributed by atoms with van der Waals surface area (Å²) < 4.78 is 2.79. The van der Waals surface area contributed by atoms with Crippen LogP contribution in [-0.2, 0) is 6.42 Å². The molecule has 19 heavy (non-hydrogen) atoms. The third-order valence-electron chi connectivity index (χ3n) is 3.51. The van der Waals surface area contributed by atoms with Crippen molar-refractivity contribution in [2.45, 2.75) is 12.8 Å². The van der Waals surface area contributed by atoms with E-state index in [2.05, 4.69) is 61.5 Å². The molecular weight excluding hydrogens is 250 g/mol. The molecule has 0 saturated heterocycles. The Morgan fingerprint density at radius 2 is 1.74 bits per heavy atom. The summed E-state index contributed by atoms with van der Waals surface area (Å²) in [6.07, 6.45) is 2.39. The minimum absolute atomic E-state index is 1.16. The highest BCUT2D eigenvalue weighted by Gasteiger charge is 2.05. The zero-order chi connectivity index (χ0) is 13.2. The van der Waals surface area contributed by atoms with Crippen LogP contribution in [0.4, 0.5) is 0 Å². The average molecular weight is 269 g/mol. The highest BCUT2D eigenvalue weighted by atomic mass is 32.1. The Labute approximate surface area is 118 Å². The van der Waals surface area contributed by atoms with E-state index in [0.29, 0.717) is 0 Å². The number of hydrogen-bond acceptors (Lipinski definition) is 2. The van der Waals surface area contributed by atoms with Crippen LogP contribution < -0.4 is 0 Å². The molecule has 98 valence electrons. The Kier molecular flexibility index (Phi) is 3.54. The Bertz CT molecular complexity index is 697. The Hall–Kier alpha value is -1.38. The Balaban J connectivity index is 1.93. The smallest absolute Gasteiger partial charge is 0.0355 e. The van der Waals surface area contributed by atoms with Crippen molar-refractivity contribution >= 4 is 31.5 Å². The highest BCUT2D eigenvalue weighted by Crippen LogP contribution is 2.34. The lowest BCUT2D eigenvalue weighted by Gasteiger charge is -2.08. The molecule has 1 nitrogen and oxygen atoms in total. The molecule has 0 unspecified atom stereocenters. The van der Waals surface area contributed by atoms with Gasteiger partial charge in [-0.15, -0.1) is 11.3 Å². The molecule has 0 aliphatic rings. The fourth-order valence-corrected chi connectivity index (χ4v) is 3.61. The second kappa shape index (κ2) is 5.32. The molecule has 3 rings (SSSR count). The summed E-state index contributed by atoms with van der Waals surface area (Å²) in [5.74, 6) is 0. The van der Waals surface area contributed by atoms with Crippen LogP contribution in [0.1, 0.15) is 12.0 Å². The van der Waals surface area contributed by atoms with Crippen LogP contribution in [0.3, 0.4) is 0 Å². The maximum Gasteiger partial charge on any atom is 0.0355 e. The number of hydrogen-bond donors (Lipinski definition) is 0. The van der Waals surface area contributed by atoms with E-state index in [1.807, 2.05) is 11.3 Å². The summed E-state index contributed by atoms with van der Waals surface area (Å²) in [7, 11) is 4.27. The summed E-state index contributed by atoms with van der Waals surface area (Å²) in [6, 6.07) is 15.6. The van der Waals surface area contributed by atoms with E-state index in [0.717, 1.165) is 13.0 Å². The molecule has 0 aliphatic carbocycles. The molecule has 1 aromatic heterocycles. The van der Waals surface area contributed by atoms with Gasteiger partial charge >= 0.3 is 0 Å². The summed E-state index contributed by atoms with van der Waals surface area (Å²) in [5.41, 5.74) is 1.46. The first-order chi connectivity index (χ1) is 9.24. The van der Waals surface area contributed by atoms with Gasteiger partial charge in [-0.3, -0.25) is 0 Å². The van der Waals surface area contributed by atoms with E-state index >= 15 is 0 Å².